The monoisotopic (exact) mass is 812 g/mol. The van der Waals surface area contributed by atoms with Crippen molar-refractivity contribution in [2.45, 2.75) is 121 Å². The molecule has 2 fully saturated rings. The Balaban J connectivity index is 1.29. The predicted molar refractivity (Wildman–Crippen MR) is 227 cm³/mol. The third-order valence-corrected chi connectivity index (χ3v) is 16.7. The third kappa shape index (κ3) is 10.1. The second-order valence-corrected chi connectivity index (χ2v) is 21.1. The van der Waals surface area contributed by atoms with Gasteiger partial charge in [-0.2, -0.15) is 0 Å². The molecule has 57 heavy (non-hydrogen) atoms. The maximum atomic E-state index is 14.0. The van der Waals surface area contributed by atoms with Crippen molar-refractivity contribution in [2.24, 2.45) is 0 Å². The second kappa shape index (κ2) is 18.8. The molecule has 12 heteroatoms. The first-order valence-electron chi connectivity index (χ1n) is 20.0. The van der Waals surface area contributed by atoms with Gasteiger partial charge >= 0.3 is 0 Å². The standard InChI is InChI=1S/C45H57ClN4O6Si/c1-7-45(6)43(55)48-37(30-32-25-27-33(46)28-26-32)42(54)50-29-17-23-38(50)41(53)47-36(40(52)49-45)22-15-10-16-24-39(51)31(2)56-57(44(3,4)5,34-18-11-8-12-19-34)35-20-13-9-14-21-35/h8-14,16,18-21,25-28,31,36-38H,7,15,17,22-24,29-30H2,1-6H3,(H,47,53)(H,48,55)(H,49,52)/t31-,36+,37+,38-,45+/m1/s1. The number of hydrogen-bond donors (Lipinski definition) is 3. The van der Waals surface area contributed by atoms with Crippen LogP contribution in [0.3, 0.4) is 0 Å². The van der Waals surface area contributed by atoms with Gasteiger partial charge in [-0.05, 0) is 79.1 Å². The molecule has 5 atom stereocenters. The van der Waals surface area contributed by atoms with Gasteiger partial charge in [-0.25, -0.2) is 0 Å². The van der Waals surface area contributed by atoms with Crippen molar-refractivity contribution in [3.05, 3.63) is 108 Å². The highest BCUT2D eigenvalue weighted by Crippen LogP contribution is 2.37. The number of nitrogens with zero attached hydrogens (tertiary/aromatic N) is 1. The van der Waals surface area contributed by atoms with E-state index in [0.717, 1.165) is 15.9 Å². The molecule has 0 spiro atoms. The molecule has 0 saturated carbocycles. The van der Waals surface area contributed by atoms with E-state index in [1.807, 2.05) is 49.4 Å². The number of carbonyl (C=O) groups is 5. The van der Waals surface area contributed by atoms with Crippen LogP contribution in [0.2, 0.25) is 10.1 Å². The molecular weight excluding hydrogens is 756 g/mol. The van der Waals surface area contributed by atoms with E-state index in [0.29, 0.717) is 30.8 Å². The first-order valence-corrected chi connectivity index (χ1v) is 22.3. The van der Waals surface area contributed by atoms with Crippen molar-refractivity contribution >= 4 is 59.7 Å². The van der Waals surface area contributed by atoms with E-state index >= 15 is 0 Å². The van der Waals surface area contributed by atoms with Gasteiger partial charge in [0, 0.05) is 24.4 Å². The van der Waals surface area contributed by atoms with Crippen LogP contribution in [0, 0.1) is 0 Å². The van der Waals surface area contributed by atoms with Gasteiger partial charge in [0.15, 0.2) is 5.78 Å². The molecule has 5 rings (SSSR count). The van der Waals surface area contributed by atoms with Crippen molar-refractivity contribution in [2.75, 3.05) is 6.54 Å². The summed E-state index contributed by atoms with van der Waals surface area (Å²) in [4.78, 5) is 70.7. The first-order chi connectivity index (χ1) is 27.1. The number of amides is 4. The van der Waals surface area contributed by atoms with Crippen LogP contribution in [0.4, 0.5) is 0 Å². The Hall–Kier alpha value is -4.58. The molecule has 0 radical (unpaired) electrons. The number of halogens is 1. The zero-order chi connectivity index (χ0) is 41.4. The molecule has 2 aliphatic heterocycles. The molecule has 0 bridgehead atoms. The molecular formula is C45H57ClN4O6Si. The van der Waals surface area contributed by atoms with Crippen molar-refractivity contribution in [3.63, 3.8) is 0 Å². The maximum Gasteiger partial charge on any atom is 0.262 e. The SMILES string of the molecule is CC[C@]1(C)NC(=O)[C@H](CCC=CCC(=O)[C@@H](C)O[Si](c2ccccc2)(c2ccccc2)C(C)(C)C)NC(=O)[C@H]2CCCN2C(=O)[C@H](Cc2ccc(Cl)cc2)NC1=O. The van der Waals surface area contributed by atoms with Crippen molar-refractivity contribution in [1.82, 2.24) is 20.9 Å². The van der Waals surface area contributed by atoms with Crippen LogP contribution < -0.4 is 26.3 Å². The summed E-state index contributed by atoms with van der Waals surface area (Å²) in [7, 11) is -2.93. The summed E-state index contributed by atoms with van der Waals surface area (Å²) in [5.74, 6) is -1.81. The molecule has 0 unspecified atom stereocenters. The average molecular weight is 814 g/mol. The highest BCUT2D eigenvalue weighted by atomic mass is 35.5. The number of rotatable bonds is 13. The van der Waals surface area contributed by atoms with E-state index in [2.05, 4.69) is 61.0 Å². The molecule has 3 aromatic rings. The highest BCUT2D eigenvalue weighted by Gasteiger charge is 2.51. The zero-order valence-electron chi connectivity index (χ0n) is 34.0. The minimum atomic E-state index is -2.93. The average Bonchev–Trinajstić information content (AvgIpc) is 3.69. The van der Waals surface area contributed by atoms with Gasteiger partial charge < -0.3 is 25.3 Å². The van der Waals surface area contributed by atoms with Crippen molar-refractivity contribution < 1.29 is 28.4 Å². The Labute approximate surface area is 343 Å². The lowest BCUT2D eigenvalue weighted by atomic mass is 9.94. The molecule has 2 saturated heterocycles. The molecule has 4 amide bonds. The topological polar surface area (TPSA) is 134 Å². The Bertz CT molecular complexity index is 1880. The second-order valence-electron chi connectivity index (χ2n) is 16.4. The Morgan fingerprint density at radius 1 is 0.912 bits per heavy atom. The lowest BCUT2D eigenvalue weighted by Gasteiger charge is -2.44. The fourth-order valence-corrected chi connectivity index (χ4v) is 12.6. The van der Waals surface area contributed by atoms with Gasteiger partial charge in [0.1, 0.15) is 29.8 Å². The van der Waals surface area contributed by atoms with Gasteiger partial charge in [-0.1, -0.05) is 124 Å². The van der Waals surface area contributed by atoms with Crippen LogP contribution >= 0.6 is 11.6 Å². The molecule has 2 heterocycles. The summed E-state index contributed by atoms with van der Waals surface area (Å²) < 4.78 is 6.99. The Kier molecular flexibility index (Phi) is 14.3. The third-order valence-electron chi connectivity index (χ3n) is 11.4. The smallest absolute Gasteiger partial charge is 0.262 e. The number of hydrogen-bond acceptors (Lipinski definition) is 6. The van der Waals surface area contributed by atoms with Crippen LogP contribution in [-0.4, -0.2) is 78.9 Å². The number of fused-ring (bicyclic) bond motifs is 1. The van der Waals surface area contributed by atoms with Crippen LogP contribution in [0.25, 0.3) is 0 Å². The molecule has 10 nitrogen and oxygen atoms in total. The summed E-state index contributed by atoms with van der Waals surface area (Å²) in [6.45, 7) is 12.1. The maximum absolute atomic E-state index is 14.0. The number of carbonyl (C=O) groups excluding carboxylic acids is 5. The van der Waals surface area contributed by atoms with Crippen molar-refractivity contribution in [1.29, 1.82) is 0 Å². The normalized spacial score (nSPS) is 22.9. The predicted octanol–water partition coefficient (Wildman–Crippen LogP) is 5.40. The Morgan fingerprint density at radius 3 is 2.11 bits per heavy atom. The van der Waals surface area contributed by atoms with Crippen LogP contribution in [0.5, 0.6) is 0 Å². The van der Waals surface area contributed by atoms with E-state index in [9.17, 15) is 24.0 Å². The van der Waals surface area contributed by atoms with E-state index in [4.69, 9.17) is 16.0 Å². The zero-order valence-corrected chi connectivity index (χ0v) is 35.7. The summed E-state index contributed by atoms with van der Waals surface area (Å²) in [5.41, 5.74) is -0.560. The summed E-state index contributed by atoms with van der Waals surface area (Å²) >= 11 is 6.09. The van der Waals surface area contributed by atoms with Gasteiger partial charge in [-0.15, -0.1) is 0 Å². The fraction of sp³-hybridized carbons (Fsp3) is 0.444. The first kappa shape index (κ1) is 43.5. The van der Waals surface area contributed by atoms with E-state index in [-0.39, 0.29) is 42.4 Å². The van der Waals surface area contributed by atoms with Gasteiger partial charge in [0.05, 0.1) is 0 Å². The van der Waals surface area contributed by atoms with Crippen LogP contribution in [0.15, 0.2) is 97.1 Å². The molecule has 0 aliphatic carbocycles. The highest BCUT2D eigenvalue weighted by molar-refractivity contribution is 6.99. The van der Waals surface area contributed by atoms with Crippen LogP contribution in [-0.2, 0) is 34.8 Å². The summed E-state index contributed by atoms with van der Waals surface area (Å²) in [6, 6.07) is 24.7. The van der Waals surface area contributed by atoms with Gasteiger partial charge in [0.2, 0.25) is 23.6 Å². The number of benzene rings is 3. The lowest BCUT2D eigenvalue weighted by Crippen LogP contribution is -2.68. The van der Waals surface area contributed by atoms with E-state index in [1.54, 1.807) is 44.2 Å². The Morgan fingerprint density at radius 2 is 1.53 bits per heavy atom. The van der Waals surface area contributed by atoms with Gasteiger partial charge in [-0.3, -0.25) is 24.0 Å². The van der Waals surface area contributed by atoms with E-state index in [1.165, 1.54) is 4.90 Å². The molecule has 0 aromatic heterocycles. The minimum Gasteiger partial charge on any atom is -0.398 e. The van der Waals surface area contributed by atoms with Crippen molar-refractivity contribution in [3.8, 4) is 0 Å². The quantitative estimate of drug-likeness (QED) is 0.157. The molecule has 3 N–H and O–H groups in total. The van der Waals surface area contributed by atoms with Crippen LogP contribution in [0.1, 0.15) is 85.6 Å². The number of ketones is 1. The minimum absolute atomic E-state index is 0.0682. The molecule has 2 aliphatic rings. The fourth-order valence-electron chi connectivity index (χ4n) is 7.85. The molecule has 304 valence electrons. The van der Waals surface area contributed by atoms with Gasteiger partial charge in [0.25, 0.3) is 8.32 Å². The molecule has 3 aromatic carbocycles. The number of Topliss-reactive ketones (excluding diaryl/α,β-unsaturated/α-hetero) is 1. The summed E-state index contributed by atoms with van der Waals surface area (Å²) in [5, 5.41) is 11.2. The lowest BCUT2D eigenvalue weighted by molar-refractivity contribution is -0.144. The summed E-state index contributed by atoms with van der Waals surface area (Å²) in [6.07, 6.45) is 5.16. The number of nitrogens with one attached hydrogen (secondary N) is 3. The van der Waals surface area contributed by atoms with E-state index < -0.39 is 55.8 Å². The largest absolute Gasteiger partial charge is 0.398 e. The number of allylic oxidation sites excluding steroid dienone is 2.